The molecule has 0 saturated heterocycles. The molecule has 0 aromatic rings. The summed E-state index contributed by atoms with van der Waals surface area (Å²) >= 11 is 0. The quantitative estimate of drug-likeness (QED) is 0.406. The maximum Gasteiger partial charge on any atom is 0 e. The molecule has 0 atom stereocenters. The van der Waals surface area contributed by atoms with Gasteiger partial charge in [0.1, 0.15) is 0 Å². The first-order valence-electron chi connectivity index (χ1n) is 0. The molecule has 0 amide bonds. The van der Waals surface area contributed by atoms with Crippen molar-refractivity contribution >= 4 is 0 Å². The van der Waals surface area contributed by atoms with Gasteiger partial charge in [-0.25, -0.2) is 0 Å². The zero-order chi connectivity index (χ0) is 0. The zero-order valence-electron chi connectivity index (χ0n) is 1.84. The van der Waals surface area contributed by atoms with E-state index in [4.69, 9.17) is 0 Å². The summed E-state index contributed by atoms with van der Waals surface area (Å²) in [6.45, 7) is 0. The van der Waals surface area contributed by atoms with Crippen LogP contribution in [-0.4, -0.2) is 0 Å². The van der Waals surface area contributed by atoms with Crippen molar-refractivity contribution < 1.29 is 154 Å². The Balaban J connectivity index is 0. The molecule has 0 bridgehead atoms. The first kappa shape index (κ1) is 22.9. The molecule has 0 rings (SSSR count). The normalized spacial score (nSPS) is 0. The molecule has 0 aromatic carbocycles. The van der Waals surface area contributed by atoms with E-state index in [1.165, 1.54) is 0 Å². The third-order valence-corrected chi connectivity index (χ3v) is 0. The van der Waals surface area contributed by atoms with Crippen LogP contribution < -0.4 is 0 Å². The van der Waals surface area contributed by atoms with Crippen LogP contribution in [0.5, 0.6) is 0 Å². The van der Waals surface area contributed by atoms with Crippen LogP contribution in [0.2, 0.25) is 0 Å². The van der Waals surface area contributed by atoms with Crippen molar-refractivity contribution in [1.82, 2.24) is 0 Å². The summed E-state index contributed by atoms with van der Waals surface area (Å²) < 4.78 is 0. The van der Waals surface area contributed by atoms with Gasteiger partial charge >= 0.3 is 0 Å². The van der Waals surface area contributed by atoms with E-state index in [0.717, 1.165) is 0 Å². The summed E-state index contributed by atoms with van der Waals surface area (Å²) in [6, 6.07) is 0. The van der Waals surface area contributed by atoms with Crippen molar-refractivity contribution in [3.8, 4) is 0 Å². The molecule has 21 valence electrons. The van der Waals surface area contributed by atoms with Gasteiger partial charge in [-0.3, -0.25) is 0 Å². The van der Waals surface area contributed by atoms with Gasteiger partial charge in [0.05, 0.1) is 0 Å². The average Bonchev–Trinajstić information content (AvgIpc) is 0. The van der Waals surface area contributed by atoms with Gasteiger partial charge in [0.25, 0.3) is 0 Å². The monoisotopic (exact) mass is 541 g/mol. The molecular weight excluding hydrogens is 541 g/mol. The Labute approximate surface area is 149 Å². The van der Waals surface area contributed by atoms with Gasteiger partial charge in [0, 0.05) is 154 Å². The third kappa shape index (κ3) is 10.2. The minimum atomic E-state index is 0. The Morgan fingerprint density at radius 1 is 1.00 bits per heavy atom. The van der Waals surface area contributed by atoms with E-state index in [1.807, 2.05) is 0 Å². The van der Waals surface area contributed by atoms with Crippen LogP contribution in [0.25, 0.3) is 0 Å². The first-order valence-corrected chi connectivity index (χ1v) is 0. The second kappa shape index (κ2) is 15.7. The molecular formula is GdNdSmY. The van der Waals surface area contributed by atoms with Crippen LogP contribution in [0.1, 0.15) is 0 Å². The van der Waals surface area contributed by atoms with Gasteiger partial charge in [0.15, 0.2) is 0 Å². The Hall–Kier alpha value is 5.12. The predicted molar refractivity (Wildman–Crippen MR) is 0 cm³/mol. The summed E-state index contributed by atoms with van der Waals surface area (Å²) in [5.74, 6) is 0. The Morgan fingerprint density at radius 3 is 1.00 bits per heavy atom. The molecule has 1 radical (unpaired) electrons. The smallest absolute Gasteiger partial charge is 0 e. The van der Waals surface area contributed by atoms with E-state index in [9.17, 15) is 0 Å². The van der Waals surface area contributed by atoms with Crippen LogP contribution >= 0.6 is 0 Å². The Morgan fingerprint density at radius 2 is 1.00 bits per heavy atom. The van der Waals surface area contributed by atoms with Gasteiger partial charge < -0.3 is 0 Å². The van der Waals surface area contributed by atoms with Crippen LogP contribution in [0, 0.1) is 121 Å². The molecule has 4 heteroatoms. The number of hydrogen-bond donors (Lipinski definition) is 0. The van der Waals surface area contributed by atoms with Crippen LogP contribution in [0.4, 0.5) is 0 Å². The van der Waals surface area contributed by atoms with Crippen molar-refractivity contribution in [2.24, 2.45) is 0 Å². The molecule has 0 nitrogen and oxygen atoms in total. The van der Waals surface area contributed by atoms with Crippen molar-refractivity contribution in [3.05, 3.63) is 0 Å². The minimum Gasteiger partial charge on any atom is 0 e. The first-order chi connectivity index (χ1) is 0. The SMILES string of the molecule is [Gd].[Nd].[Sm].[Y]. The van der Waals surface area contributed by atoms with Crippen molar-refractivity contribution in [2.75, 3.05) is 0 Å². The molecule has 0 aromatic heterocycles. The number of rotatable bonds is 0. The van der Waals surface area contributed by atoms with Gasteiger partial charge in [-0.05, 0) is 0 Å². The zero-order valence-corrected chi connectivity index (χ0v) is 12.8. The summed E-state index contributed by atoms with van der Waals surface area (Å²) in [6.07, 6.45) is 0. The fraction of sp³-hybridized carbons (Fsp3) is 0. The van der Waals surface area contributed by atoms with Crippen molar-refractivity contribution in [3.63, 3.8) is 0 Å². The molecule has 0 aliphatic carbocycles. The van der Waals surface area contributed by atoms with Crippen LogP contribution in [-0.2, 0) is 32.7 Å². The molecule has 0 spiro atoms. The second-order valence-corrected chi connectivity index (χ2v) is 0. The van der Waals surface area contributed by atoms with Crippen molar-refractivity contribution in [1.29, 1.82) is 0 Å². The molecule has 0 N–H and O–H groups in total. The van der Waals surface area contributed by atoms with Gasteiger partial charge in [-0.2, -0.15) is 0 Å². The van der Waals surface area contributed by atoms with Crippen LogP contribution in [0.3, 0.4) is 0 Å². The fourth-order valence-electron chi connectivity index (χ4n) is 0. The third-order valence-electron chi connectivity index (χ3n) is 0. The molecule has 0 saturated carbocycles. The van der Waals surface area contributed by atoms with Gasteiger partial charge in [-0.1, -0.05) is 0 Å². The maximum absolute atomic E-state index is 0. The molecule has 0 fully saturated rings. The molecule has 0 aliphatic rings. The Bertz CT molecular complexity index is 8.00. The molecule has 4 heavy (non-hydrogen) atoms. The maximum atomic E-state index is 0. The van der Waals surface area contributed by atoms with E-state index in [2.05, 4.69) is 0 Å². The van der Waals surface area contributed by atoms with E-state index >= 15 is 0 Å². The average molecular weight is 541 g/mol. The molecule has 0 heterocycles. The van der Waals surface area contributed by atoms with Gasteiger partial charge in [-0.15, -0.1) is 0 Å². The van der Waals surface area contributed by atoms with Gasteiger partial charge in [0.2, 0.25) is 0 Å². The van der Waals surface area contributed by atoms with E-state index < -0.39 is 0 Å². The summed E-state index contributed by atoms with van der Waals surface area (Å²) in [5, 5.41) is 0. The standard InChI is InChI=1S/Gd.Nd.Sm.Y. The largest absolute Gasteiger partial charge is 0 e. The van der Waals surface area contributed by atoms with Crippen LogP contribution in [0.15, 0.2) is 0 Å². The summed E-state index contributed by atoms with van der Waals surface area (Å²) in [7, 11) is 0. The number of hydrogen-bond acceptors (Lipinski definition) is 0. The second-order valence-electron chi connectivity index (χ2n) is 0. The van der Waals surface area contributed by atoms with Crippen molar-refractivity contribution in [2.45, 2.75) is 0 Å². The fourth-order valence-corrected chi connectivity index (χ4v) is 0. The minimum absolute atomic E-state index is 0. The molecule has 0 aliphatic heterocycles. The predicted octanol–water partition coefficient (Wildman–Crippen LogP) is -0.00250. The Kier molecular flexibility index (Phi) is 90.1. The molecule has 0 unspecified atom stereocenters. The summed E-state index contributed by atoms with van der Waals surface area (Å²) in [4.78, 5) is 0. The van der Waals surface area contributed by atoms with E-state index in [0.29, 0.717) is 0 Å². The topological polar surface area (TPSA) is 0 Å². The summed E-state index contributed by atoms with van der Waals surface area (Å²) in [5.41, 5.74) is 0. The van der Waals surface area contributed by atoms with E-state index in [1.54, 1.807) is 0 Å². The van der Waals surface area contributed by atoms with E-state index in [-0.39, 0.29) is 154 Å².